The van der Waals surface area contributed by atoms with Gasteiger partial charge in [-0.05, 0) is 59.5 Å². The molecule has 5 nitrogen and oxygen atoms in total. The molecule has 2 N–H and O–H groups in total. The van der Waals surface area contributed by atoms with Crippen LogP contribution in [0.5, 0.6) is 0 Å². The molecule has 5 aromatic rings. The Bertz CT molecular complexity index is 1450. The van der Waals surface area contributed by atoms with Crippen LogP contribution in [0.15, 0.2) is 89.9 Å². The largest absolute Gasteiger partial charge is 0.478 e. The third-order valence-electron chi connectivity index (χ3n) is 5.08. The minimum absolute atomic E-state index is 0.221. The number of hydrogen-bond acceptors (Lipinski definition) is 3. The van der Waals surface area contributed by atoms with Crippen LogP contribution in [0, 0.1) is 11.8 Å². The molecule has 0 aliphatic carbocycles. The van der Waals surface area contributed by atoms with Gasteiger partial charge in [0.1, 0.15) is 0 Å². The molecule has 5 rings (SSSR count). The summed E-state index contributed by atoms with van der Waals surface area (Å²) < 4.78 is 5.31. The average molecular weight is 404 g/mol. The first-order valence-electron chi connectivity index (χ1n) is 9.64. The summed E-state index contributed by atoms with van der Waals surface area (Å²) in [6.45, 7) is 0. The molecule has 0 saturated carbocycles. The van der Waals surface area contributed by atoms with Gasteiger partial charge >= 0.3 is 5.97 Å². The first kappa shape index (κ1) is 18.5. The fourth-order valence-corrected chi connectivity index (χ4v) is 3.56. The van der Waals surface area contributed by atoms with Gasteiger partial charge in [0, 0.05) is 34.0 Å². The lowest BCUT2D eigenvalue weighted by atomic mass is 9.93. The lowest BCUT2D eigenvalue weighted by molar-refractivity contribution is 0.0697. The first-order chi connectivity index (χ1) is 15.2. The van der Waals surface area contributed by atoms with Gasteiger partial charge in [-0.15, -0.1) is 0 Å². The van der Waals surface area contributed by atoms with Crippen molar-refractivity contribution in [2.24, 2.45) is 0 Å². The smallest absolute Gasteiger partial charge is 0.336 e. The maximum Gasteiger partial charge on any atom is 0.336 e. The highest BCUT2D eigenvalue weighted by Gasteiger charge is 2.15. The second-order valence-corrected chi connectivity index (χ2v) is 7.01. The van der Waals surface area contributed by atoms with Gasteiger partial charge in [0.25, 0.3) is 0 Å². The van der Waals surface area contributed by atoms with E-state index in [-0.39, 0.29) is 5.56 Å². The zero-order valence-electron chi connectivity index (χ0n) is 16.3. The van der Waals surface area contributed by atoms with E-state index in [0.717, 1.165) is 27.6 Å². The van der Waals surface area contributed by atoms with Crippen LogP contribution in [0.4, 0.5) is 0 Å². The number of nitrogens with one attached hydrogen (secondary N) is 1. The third-order valence-corrected chi connectivity index (χ3v) is 5.08. The van der Waals surface area contributed by atoms with E-state index in [1.165, 1.54) is 6.39 Å². The molecule has 31 heavy (non-hydrogen) atoms. The molecule has 0 unspecified atom stereocenters. The number of aromatic carboxylic acids is 1. The zero-order valence-corrected chi connectivity index (χ0v) is 16.3. The van der Waals surface area contributed by atoms with Crippen LogP contribution < -0.4 is 0 Å². The Hall–Kier alpha value is -4.56. The average Bonchev–Trinajstić information content (AvgIpc) is 3.49. The predicted molar refractivity (Wildman–Crippen MR) is 119 cm³/mol. The molecule has 0 aliphatic rings. The number of nitrogens with zero attached hydrogens (tertiary/aromatic N) is 1. The fourth-order valence-electron chi connectivity index (χ4n) is 3.56. The second kappa shape index (κ2) is 7.69. The van der Waals surface area contributed by atoms with Gasteiger partial charge in [0.15, 0.2) is 12.2 Å². The van der Waals surface area contributed by atoms with E-state index >= 15 is 0 Å². The summed E-state index contributed by atoms with van der Waals surface area (Å²) in [7, 11) is 0. The predicted octanol–water partition coefficient (Wildman–Crippen LogP) is 5.59. The van der Waals surface area contributed by atoms with Crippen molar-refractivity contribution in [2.45, 2.75) is 0 Å². The highest BCUT2D eigenvalue weighted by molar-refractivity contribution is 5.99. The summed E-state index contributed by atoms with van der Waals surface area (Å²) in [4.78, 5) is 19.0. The van der Waals surface area contributed by atoms with Crippen LogP contribution in [-0.2, 0) is 0 Å². The molecule has 0 bridgehead atoms. The SMILES string of the molecule is O=C(O)c1cccc(C#Cc2ccc(-c3cnco3)cc2)c1-c1ccc2cc[nH]c2c1. The van der Waals surface area contributed by atoms with E-state index in [2.05, 4.69) is 21.8 Å². The van der Waals surface area contributed by atoms with E-state index in [1.807, 2.05) is 60.8 Å². The highest BCUT2D eigenvalue weighted by atomic mass is 16.4. The molecule has 3 aromatic carbocycles. The van der Waals surface area contributed by atoms with Crippen molar-refractivity contribution in [2.75, 3.05) is 0 Å². The Morgan fingerprint density at radius 2 is 1.81 bits per heavy atom. The summed E-state index contributed by atoms with van der Waals surface area (Å²) in [5.41, 5.74) is 4.96. The van der Waals surface area contributed by atoms with Gasteiger partial charge in [-0.25, -0.2) is 9.78 Å². The summed E-state index contributed by atoms with van der Waals surface area (Å²) in [6.07, 6.45) is 4.91. The molecule has 148 valence electrons. The van der Waals surface area contributed by atoms with Crippen LogP contribution in [0.3, 0.4) is 0 Å². The lowest BCUT2D eigenvalue weighted by Crippen LogP contribution is -2.01. The van der Waals surface area contributed by atoms with Gasteiger partial charge in [-0.2, -0.15) is 0 Å². The van der Waals surface area contributed by atoms with Crippen LogP contribution in [0.1, 0.15) is 21.5 Å². The number of hydrogen-bond donors (Lipinski definition) is 2. The summed E-state index contributed by atoms with van der Waals surface area (Å²) in [6, 6.07) is 20.6. The van der Waals surface area contributed by atoms with Gasteiger partial charge in [0.2, 0.25) is 0 Å². The number of carbonyl (C=O) groups is 1. The van der Waals surface area contributed by atoms with Crippen molar-refractivity contribution < 1.29 is 14.3 Å². The van der Waals surface area contributed by atoms with Gasteiger partial charge in [-0.3, -0.25) is 0 Å². The first-order valence-corrected chi connectivity index (χ1v) is 9.64. The molecule has 5 heteroatoms. The number of aromatic amines is 1. The van der Waals surface area contributed by atoms with Gasteiger partial charge in [-0.1, -0.05) is 30.0 Å². The van der Waals surface area contributed by atoms with Crippen LogP contribution in [0.25, 0.3) is 33.4 Å². The highest BCUT2D eigenvalue weighted by Crippen LogP contribution is 2.30. The lowest BCUT2D eigenvalue weighted by Gasteiger charge is -2.10. The molecule has 0 radical (unpaired) electrons. The van der Waals surface area contributed by atoms with Crippen molar-refractivity contribution >= 4 is 16.9 Å². The minimum Gasteiger partial charge on any atom is -0.478 e. The van der Waals surface area contributed by atoms with Crippen molar-refractivity contribution in [3.8, 4) is 34.3 Å². The Morgan fingerprint density at radius 1 is 0.968 bits per heavy atom. The molecule has 0 amide bonds. The molecule has 0 saturated heterocycles. The van der Waals surface area contributed by atoms with E-state index in [9.17, 15) is 9.90 Å². The summed E-state index contributed by atoms with van der Waals surface area (Å²) >= 11 is 0. The summed E-state index contributed by atoms with van der Waals surface area (Å²) in [5, 5.41) is 10.8. The zero-order chi connectivity index (χ0) is 21.2. The molecule has 2 heterocycles. The second-order valence-electron chi connectivity index (χ2n) is 7.01. The molecular weight excluding hydrogens is 388 g/mol. The maximum absolute atomic E-state index is 11.9. The van der Waals surface area contributed by atoms with E-state index < -0.39 is 5.97 Å². The maximum atomic E-state index is 11.9. The Morgan fingerprint density at radius 3 is 2.58 bits per heavy atom. The number of aromatic nitrogens is 2. The van der Waals surface area contributed by atoms with Crippen molar-refractivity contribution in [1.82, 2.24) is 9.97 Å². The molecule has 0 aliphatic heterocycles. The number of oxazole rings is 1. The number of carboxylic acids is 1. The van der Waals surface area contributed by atoms with E-state index in [4.69, 9.17) is 4.42 Å². The minimum atomic E-state index is -0.985. The van der Waals surface area contributed by atoms with Crippen LogP contribution in [0.2, 0.25) is 0 Å². The number of H-pyrrole nitrogens is 1. The topological polar surface area (TPSA) is 79.1 Å². The third kappa shape index (κ3) is 3.59. The van der Waals surface area contributed by atoms with Crippen molar-refractivity contribution in [3.05, 3.63) is 102 Å². The van der Waals surface area contributed by atoms with Gasteiger partial charge < -0.3 is 14.5 Å². The number of carboxylic acid groups (broad SMARTS) is 1. The van der Waals surface area contributed by atoms with Crippen LogP contribution in [-0.4, -0.2) is 21.0 Å². The Kier molecular flexibility index (Phi) is 4.58. The quantitative estimate of drug-likeness (QED) is 0.384. The van der Waals surface area contributed by atoms with Crippen molar-refractivity contribution in [3.63, 3.8) is 0 Å². The number of benzene rings is 3. The Balaban J connectivity index is 1.57. The molecule has 0 atom stereocenters. The fraction of sp³-hybridized carbons (Fsp3) is 0. The van der Waals surface area contributed by atoms with Gasteiger partial charge in [0.05, 0.1) is 11.8 Å². The number of rotatable bonds is 3. The van der Waals surface area contributed by atoms with E-state index in [1.54, 1.807) is 18.3 Å². The molecule has 0 fully saturated rings. The molecular formula is C26H16N2O3. The van der Waals surface area contributed by atoms with E-state index in [0.29, 0.717) is 16.9 Å². The summed E-state index contributed by atoms with van der Waals surface area (Å²) in [5.74, 6) is 6.01. The molecule has 0 spiro atoms. The monoisotopic (exact) mass is 404 g/mol. The number of fused-ring (bicyclic) bond motifs is 1. The van der Waals surface area contributed by atoms with Crippen molar-refractivity contribution in [1.29, 1.82) is 0 Å². The van der Waals surface area contributed by atoms with Crippen LogP contribution >= 0.6 is 0 Å². The standard InChI is InChI=1S/C26H16N2O3/c29-26(30)22-3-1-2-20(25(22)21-11-10-18-12-13-28-23(18)14-21)9-6-17-4-7-19(8-5-17)24-15-27-16-31-24/h1-5,7-8,10-16,28H,(H,29,30). The Labute approximate surface area is 178 Å². The molecule has 2 aromatic heterocycles. The normalized spacial score (nSPS) is 10.6.